The molecule has 1 aromatic heterocycles. The molecule has 1 heteroatoms. The Morgan fingerprint density at radius 1 is 0.625 bits per heavy atom. The van der Waals surface area contributed by atoms with Gasteiger partial charge in [0.2, 0.25) is 0 Å². The molecule has 1 saturated carbocycles. The summed E-state index contributed by atoms with van der Waals surface area (Å²) in [5.41, 5.74) is 8.04. The lowest BCUT2D eigenvalue weighted by molar-refractivity contribution is 0.359. The molecular weight excluding hydrogens is 290 g/mol. The van der Waals surface area contributed by atoms with Crippen molar-refractivity contribution in [2.45, 2.75) is 37.5 Å². The standard InChI is InChI=1S/C23H21N/c1-2-4-16(5-3-1)19-12-13-24-23(15-19)20-10-11-21-17-6-8-18(9-7-17)22(21)14-20/h1-5,10-15,17-18H,6-9H2. The number of benzene rings is 2. The van der Waals surface area contributed by atoms with Crippen molar-refractivity contribution < 1.29 is 0 Å². The van der Waals surface area contributed by atoms with Gasteiger partial charge in [0.1, 0.15) is 0 Å². The lowest BCUT2D eigenvalue weighted by Crippen LogP contribution is -2.21. The van der Waals surface area contributed by atoms with Crippen molar-refractivity contribution in [3.63, 3.8) is 0 Å². The second-order valence-corrected chi connectivity index (χ2v) is 7.19. The molecule has 0 atom stereocenters. The van der Waals surface area contributed by atoms with E-state index in [0.717, 1.165) is 17.5 Å². The number of pyridine rings is 1. The van der Waals surface area contributed by atoms with E-state index in [4.69, 9.17) is 0 Å². The highest BCUT2D eigenvalue weighted by atomic mass is 14.7. The topological polar surface area (TPSA) is 12.9 Å². The second kappa shape index (κ2) is 5.59. The molecule has 2 aromatic carbocycles. The van der Waals surface area contributed by atoms with E-state index < -0.39 is 0 Å². The monoisotopic (exact) mass is 311 g/mol. The van der Waals surface area contributed by atoms with E-state index in [1.54, 1.807) is 11.1 Å². The van der Waals surface area contributed by atoms with Crippen LogP contribution in [0.25, 0.3) is 22.4 Å². The third-order valence-electron chi connectivity index (χ3n) is 5.86. The number of rotatable bonds is 2. The predicted octanol–water partition coefficient (Wildman–Crippen LogP) is 6.17. The van der Waals surface area contributed by atoms with E-state index in [1.807, 2.05) is 6.20 Å². The van der Waals surface area contributed by atoms with E-state index in [0.29, 0.717) is 0 Å². The van der Waals surface area contributed by atoms with Crippen LogP contribution in [0.2, 0.25) is 0 Å². The van der Waals surface area contributed by atoms with E-state index in [1.165, 1.54) is 42.4 Å². The van der Waals surface area contributed by atoms with Crippen LogP contribution >= 0.6 is 0 Å². The minimum atomic E-state index is 0.780. The molecule has 3 aromatic rings. The average Bonchev–Trinajstić information content (AvgIpc) is 2.69. The van der Waals surface area contributed by atoms with E-state index in [9.17, 15) is 0 Å². The van der Waals surface area contributed by atoms with Crippen molar-refractivity contribution in [2.75, 3.05) is 0 Å². The number of fused-ring (bicyclic) bond motifs is 2. The molecule has 118 valence electrons. The summed E-state index contributed by atoms with van der Waals surface area (Å²) in [6.07, 6.45) is 7.46. The Morgan fingerprint density at radius 2 is 1.38 bits per heavy atom. The van der Waals surface area contributed by atoms with Crippen molar-refractivity contribution in [1.82, 2.24) is 4.98 Å². The van der Waals surface area contributed by atoms with Gasteiger partial charge >= 0.3 is 0 Å². The van der Waals surface area contributed by atoms with Crippen LogP contribution in [0.3, 0.4) is 0 Å². The first-order valence-electron chi connectivity index (χ1n) is 9.04. The van der Waals surface area contributed by atoms with Gasteiger partial charge in [0, 0.05) is 11.8 Å². The summed E-state index contributed by atoms with van der Waals surface area (Å²) in [5, 5.41) is 0. The van der Waals surface area contributed by atoms with Crippen molar-refractivity contribution in [2.24, 2.45) is 0 Å². The molecule has 0 amide bonds. The van der Waals surface area contributed by atoms with Crippen LogP contribution in [0.4, 0.5) is 0 Å². The van der Waals surface area contributed by atoms with Crippen molar-refractivity contribution in [3.05, 3.63) is 78.0 Å². The fourth-order valence-electron chi connectivity index (χ4n) is 4.57. The Bertz CT molecular complexity index is 874. The fourth-order valence-corrected chi connectivity index (χ4v) is 4.57. The number of aromatic nitrogens is 1. The Morgan fingerprint density at radius 3 is 2.17 bits per heavy atom. The number of hydrogen-bond acceptors (Lipinski definition) is 1. The van der Waals surface area contributed by atoms with Crippen LogP contribution in [-0.2, 0) is 0 Å². The van der Waals surface area contributed by atoms with Crippen molar-refractivity contribution in [3.8, 4) is 22.4 Å². The molecule has 1 heterocycles. The lowest BCUT2D eigenvalue weighted by atomic mass is 9.67. The zero-order valence-corrected chi connectivity index (χ0v) is 13.8. The first kappa shape index (κ1) is 14.0. The van der Waals surface area contributed by atoms with Crippen LogP contribution in [-0.4, -0.2) is 4.98 Å². The summed E-state index contributed by atoms with van der Waals surface area (Å²) in [6.45, 7) is 0. The van der Waals surface area contributed by atoms with Crippen LogP contribution in [0.5, 0.6) is 0 Å². The van der Waals surface area contributed by atoms with Crippen LogP contribution in [0.1, 0.15) is 48.6 Å². The molecule has 3 aliphatic carbocycles. The smallest absolute Gasteiger partial charge is 0.0708 e. The maximum Gasteiger partial charge on any atom is 0.0708 e. The summed E-state index contributed by atoms with van der Waals surface area (Å²) < 4.78 is 0. The zero-order valence-electron chi connectivity index (χ0n) is 13.8. The molecule has 0 N–H and O–H groups in total. The molecule has 24 heavy (non-hydrogen) atoms. The molecule has 3 aliphatic rings. The molecule has 6 rings (SSSR count). The summed E-state index contributed by atoms with van der Waals surface area (Å²) in [4.78, 5) is 4.65. The molecule has 0 saturated heterocycles. The molecule has 2 bridgehead atoms. The minimum Gasteiger partial charge on any atom is -0.256 e. The Hall–Kier alpha value is -2.41. The van der Waals surface area contributed by atoms with Gasteiger partial charge in [-0.25, -0.2) is 0 Å². The minimum absolute atomic E-state index is 0.780. The highest BCUT2D eigenvalue weighted by molar-refractivity contribution is 5.71. The predicted molar refractivity (Wildman–Crippen MR) is 99.1 cm³/mol. The van der Waals surface area contributed by atoms with Gasteiger partial charge in [0.05, 0.1) is 5.69 Å². The van der Waals surface area contributed by atoms with Crippen LogP contribution in [0, 0.1) is 0 Å². The Balaban J connectivity index is 1.57. The van der Waals surface area contributed by atoms with E-state index in [-0.39, 0.29) is 0 Å². The van der Waals surface area contributed by atoms with Gasteiger partial charge in [0.15, 0.2) is 0 Å². The Labute approximate surface area is 143 Å². The molecule has 0 unspecified atom stereocenters. The largest absolute Gasteiger partial charge is 0.256 e. The Kier molecular flexibility index (Phi) is 3.26. The van der Waals surface area contributed by atoms with Crippen molar-refractivity contribution in [1.29, 1.82) is 0 Å². The first-order valence-corrected chi connectivity index (χ1v) is 9.04. The SMILES string of the molecule is c1ccc(-c2ccnc(-c3ccc4c(c3)C3CCC4CC3)c2)cc1. The van der Waals surface area contributed by atoms with Crippen LogP contribution in [0.15, 0.2) is 66.9 Å². The maximum atomic E-state index is 4.65. The molecule has 1 fully saturated rings. The van der Waals surface area contributed by atoms with Crippen molar-refractivity contribution >= 4 is 0 Å². The van der Waals surface area contributed by atoms with Gasteiger partial charge in [-0.05, 0) is 78.0 Å². The summed E-state index contributed by atoms with van der Waals surface area (Å²) >= 11 is 0. The second-order valence-electron chi connectivity index (χ2n) is 7.19. The number of nitrogens with zero attached hydrogens (tertiary/aromatic N) is 1. The molecule has 1 nitrogen and oxygen atoms in total. The normalized spacial score (nSPS) is 21.5. The van der Waals surface area contributed by atoms with Gasteiger partial charge in [-0.15, -0.1) is 0 Å². The van der Waals surface area contributed by atoms with E-state index >= 15 is 0 Å². The zero-order chi connectivity index (χ0) is 15.9. The molecular formula is C23H21N. The van der Waals surface area contributed by atoms with Gasteiger partial charge in [-0.3, -0.25) is 4.98 Å². The van der Waals surface area contributed by atoms with Gasteiger partial charge in [-0.1, -0.05) is 42.5 Å². The molecule has 0 spiro atoms. The lowest BCUT2D eigenvalue weighted by Gasteiger charge is -2.38. The van der Waals surface area contributed by atoms with Gasteiger partial charge in [-0.2, -0.15) is 0 Å². The number of hydrogen-bond donors (Lipinski definition) is 0. The fraction of sp³-hybridized carbons (Fsp3) is 0.261. The average molecular weight is 311 g/mol. The van der Waals surface area contributed by atoms with Crippen LogP contribution < -0.4 is 0 Å². The highest BCUT2D eigenvalue weighted by Crippen LogP contribution is 2.50. The molecule has 0 aliphatic heterocycles. The third-order valence-corrected chi connectivity index (χ3v) is 5.86. The maximum absolute atomic E-state index is 4.65. The van der Waals surface area contributed by atoms with E-state index in [2.05, 4.69) is 65.6 Å². The first-order chi connectivity index (χ1) is 11.9. The van der Waals surface area contributed by atoms with Gasteiger partial charge in [0.25, 0.3) is 0 Å². The third kappa shape index (κ3) is 2.27. The quantitative estimate of drug-likeness (QED) is 0.551. The highest BCUT2D eigenvalue weighted by Gasteiger charge is 2.32. The molecule has 0 radical (unpaired) electrons. The summed E-state index contributed by atoms with van der Waals surface area (Å²) in [7, 11) is 0. The summed E-state index contributed by atoms with van der Waals surface area (Å²) in [6, 6.07) is 21.9. The summed E-state index contributed by atoms with van der Waals surface area (Å²) in [5.74, 6) is 1.59. The van der Waals surface area contributed by atoms with Gasteiger partial charge < -0.3 is 0 Å².